The smallest absolute Gasteiger partial charge is 0.244 e. The highest BCUT2D eigenvalue weighted by molar-refractivity contribution is 7.92. The lowest BCUT2D eigenvalue weighted by Gasteiger charge is -2.35. The van der Waals surface area contributed by atoms with Crippen molar-refractivity contribution >= 4 is 27.5 Å². The van der Waals surface area contributed by atoms with Crippen LogP contribution in [-0.4, -0.2) is 49.5 Å². The van der Waals surface area contributed by atoms with Crippen LogP contribution in [0.25, 0.3) is 0 Å². The predicted molar refractivity (Wildman–Crippen MR) is 166 cm³/mol. The number of hydrogen-bond donors (Lipinski definition) is 1. The maximum Gasteiger partial charge on any atom is 0.244 e. The summed E-state index contributed by atoms with van der Waals surface area (Å²) >= 11 is 0. The summed E-state index contributed by atoms with van der Waals surface area (Å²) in [7, 11) is -3.90. The van der Waals surface area contributed by atoms with Gasteiger partial charge in [-0.2, -0.15) is 0 Å². The van der Waals surface area contributed by atoms with Crippen molar-refractivity contribution in [3.8, 4) is 0 Å². The number of carbonyl (C=O) groups excluding carboxylic acids is 2. The zero-order valence-corrected chi connectivity index (χ0v) is 26.3. The van der Waals surface area contributed by atoms with E-state index in [9.17, 15) is 22.4 Å². The van der Waals surface area contributed by atoms with Crippen LogP contribution in [0, 0.1) is 5.82 Å². The molecule has 0 spiro atoms. The molecule has 0 aliphatic rings. The van der Waals surface area contributed by atoms with E-state index in [1.54, 1.807) is 30.3 Å². The van der Waals surface area contributed by atoms with Gasteiger partial charge in [0.25, 0.3) is 0 Å². The molecule has 0 bridgehead atoms. The minimum Gasteiger partial charge on any atom is -0.350 e. The van der Waals surface area contributed by atoms with Crippen molar-refractivity contribution in [2.45, 2.75) is 71.5 Å². The average molecular weight is 596 g/mol. The Hall–Kier alpha value is -3.72. The van der Waals surface area contributed by atoms with Crippen molar-refractivity contribution in [1.29, 1.82) is 0 Å². The third kappa shape index (κ3) is 9.14. The summed E-state index contributed by atoms with van der Waals surface area (Å²) < 4.78 is 41.9. The molecule has 3 aromatic carbocycles. The van der Waals surface area contributed by atoms with Gasteiger partial charge in [-0.1, -0.05) is 81.4 Å². The van der Waals surface area contributed by atoms with E-state index in [1.165, 1.54) is 11.0 Å². The van der Waals surface area contributed by atoms with Crippen molar-refractivity contribution in [1.82, 2.24) is 10.2 Å². The van der Waals surface area contributed by atoms with E-state index in [0.29, 0.717) is 5.69 Å². The van der Waals surface area contributed by atoms with Gasteiger partial charge in [0.2, 0.25) is 21.8 Å². The van der Waals surface area contributed by atoms with Crippen LogP contribution in [0.5, 0.6) is 0 Å². The second-order valence-electron chi connectivity index (χ2n) is 12.6. The van der Waals surface area contributed by atoms with E-state index < -0.39 is 45.8 Å². The summed E-state index contributed by atoms with van der Waals surface area (Å²) in [6.45, 7) is 10.9. The Balaban J connectivity index is 2.08. The number of benzene rings is 3. The third-order valence-electron chi connectivity index (χ3n) is 6.77. The first kappa shape index (κ1) is 32.8. The molecule has 0 radical (unpaired) electrons. The molecule has 0 saturated heterocycles. The van der Waals surface area contributed by atoms with Crippen molar-refractivity contribution in [2.24, 2.45) is 0 Å². The van der Waals surface area contributed by atoms with Crippen molar-refractivity contribution < 1.29 is 22.4 Å². The minimum absolute atomic E-state index is 0.147. The number of halogens is 1. The van der Waals surface area contributed by atoms with Gasteiger partial charge in [0.1, 0.15) is 18.4 Å². The maximum atomic E-state index is 14.9. The zero-order chi connectivity index (χ0) is 31.3. The first-order valence-corrected chi connectivity index (χ1v) is 15.8. The fraction of sp³-hybridized carbons (Fsp3) is 0.394. The fourth-order valence-electron chi connectivity index (χ4n) is 4.56. The highest BCUT2D eigenvalue weighted by atomic mass is 32.2. The van der Waals surface area contributed by atoms with Crippen molar-refractivity contribution in [3.63, 3.8) is 0 Å². The molecule has 1 N–H and O–H groups in total. The van der Waals surface area contributed by atoms with E-state index in [2.05, 4.69) is 26.1 Å². The Labute approximate surface area is 249 Å². The number of nitrogens with one attached hydrogen (secondary N) is 1. The van der Waals surface area contributed by atoms with Gasteiger partial charge in [0, 0.05) is 24.1 Å². The maximum absolute atomic E-state index is 14.9. The zero-order valence-electron chi connectivity index (χ0n) is 25.5. The molecule has 42 heavy (non-hydrogen) atoms. The molecule has 0 aliphatic heterocycles. The van der Waals surface area contributed by atoms with Gasteiger partial charge in [0.15, 0.2) is 0 Å². The lowest BCUT2D eigenvalue weighted by molar-refractivity contribution is -0.140. The molecular formula is C33H42FN3O4S. The van der Waals surface area contributed by atoms with Crippen molar-refractivity contribution in [3.05, 3.63) is 101 Å². The molecule has 0 saturated carbocycles. The van der Waals surface area contributed by atoms with Crippen LogP contribution in [0.1, 0.15) is 58.2 Å². The summed E-state index contributed by atoms with van der Waals surface area (Å²) in [5.41, 5.74) is 1.60. The van der Waals surface area contributed by atoms with Gasteiger partial charge in [-0.25, -0.2) is 12.8 Å². The van der Waals surface area contributed by atoms with Gasteiger partial charge < -0.3 is 10.2 Å². The Kier molecular flexibility index (Phi) is 10.2. The number of rotatable bonds is 10. The minimum atomic E-state index is -3.90. The fourth-order valence-corrected chi connectivity index (χ4v) is 5.41. The second kappa shape index (κ2) is 13.1. The number of amides is 2. The third-order valence-corrected chi connectivity index (χ3v) is 7.91. The first-order valence-electron chi connectivity index (χ1n) is 13.9. The molecule has 3 aromatic rings. The summed E-state index contributed by atoms with van der Waals surface area (Å²) in [5.74, 6) is -1.58. The number of hydrogen-bond acceptors (Lipinski definition) is 4. The van der Waals surface area contributed by atoms with Crippen LogP contribution in [0.4, 0.5) is 10.1 Å². The Morgan fingerprint density at radius 3 is 1.95 bits per heavy atom. The standard InChI is InChI=1S/C33H42FN3O4S/c1-32(2,3)26-17-19-27(20-18-26)37(42(7,40)41)23-30(38)36(22-25-15-11-12-16-28(25)34)29(31(39)35-33(4,5)6)21-24-13-9-8-10-14-24/h8-20,29H,21-23H2,1-7H3,(H,35,39)/t29-/m1/s1. The molecule has 226 valence electrons. The molecule has 2 amide bonds. The molecule has 3 rings (SSSR count). The molecule has 0 unspecified atom stereocenters. The molecular weight excluding hydrogens is 553 g/mol. The molecule has 0 heterocycles. The van der Waals surface area contributed by atoms with Gasteiger partial charge in [-0.3, -0.25) is 13.9 Å². The molecule has 7 nitrogen and oxygen atoms in total. The lowest BCUT2D eigenvalue weighted by atomic mass is 9.87. The van der Waals surface area contributed by atoms with Gasteiger partial charge in [0.05, 0.1) is 11.9 Å². The number of nitrogens with zero attached hydrogens (tertiary/aromatic N) is 2. The molecule has 1 atom stereocenters. The summed E-state index contributed by atoms with van der Waals surface area (Å²) in [4.78, 5) is 29.2. The van der Waals surface area contributed by atoms with E-state index in [0.717, 1.165) is 21.7 Å². The van der Waals surface area contributed by atoms with Gasteiger partial charge in [-0.05, 0) is 55.5 Å². The number of sulfonamides is 1. The van der Waals surface area contributed by atoms with Gasteiger partial charge >= 0.3 is 0 Å². The summed E-state index contributed by atoms with van der Waals surface area (Å²) in [6, 6.07) is 21.2. The van der Waals surface area contributed by atoms with E-state index >= 15 is 0 Å². The quantitative estimate of drug-likeness (QED) is 0.338. The van der Waals surface area contributed by atoms with Crippen LogP contribution in [0.3, 0.4) is 0 Å². The first-order chi connectivity index (χ1) is 19.5. The average Bonchev–Trinajstić information content (AvgIpc) is 2.88. The van der Waals surface area contributed by atoms with E-state index in [1.807, 2.05) is 63.2 Å². The number of anilines is 1. The van der Waals surface area contributed by atoms with Gasteiger partial charge in [-0.15, -0.1) is 0 Å². The number of carbonyl (C=O) groups is 2. The van der Waals surface area contributed by atoms with Crippen molar-refractivity contribution in [2.75, 3.05) is 17.1 Å². The summed E-state index contributed by atoms with van der Waals surface area (Å²) in [6.07, 6.45) is 1.19. The Morgan fingerprint density at radius 1 is 0.857 bits per heavy atom. The topological polar surface area (TPSA) is 86.8 Å². The van der Waals surface area contributed by atoms with Crippen LogP contribution in [-0.2, 0) is 38.0 Å². The van der Waals surface area contributed by atoms with Crippen LogP contribution in [0.2, 0.25) is 0 Å². The molecule has 0 aromatic heterocycles. The molecule has 9 heteroatoms. The lowest BCUT2D eigenvalue weighted by Crippen LogP contribution is -2.56. The van der Waals surface area contributed by atoms with Crippen LogP contribution >= 0.6 is 0 Å². The van der Waals surface area contributed by atoms with E-state index in [4.69, 9.17) is 0 Å². The predicted octanol–water partition coefficient (Wildman–Crippen LogP) is 5.44. The van der Waals surface area contributed by atoms with E-state index in [-0.39, 0.29) is 23.9 Å². The van der Waals surface area contributed by atoms with Crippen LogP contribution in [0.15, 0.2) is 78.9 Å². The summed E-state index contributed by atoms with van der Waals surface area (Å²) in [5, 5.41) is 2.95. The molecule has 0 aliphatic carbocycles. The Bertz CT molecular complexity index is 1480. The highest BCUT2D eigenvalue weighted by Crippen LogP contribution is 2.26. The largest absolute Gasteiger partial charge is 0.350 e. The highest BCUT2D eigenvalue weighted by Gasteiger charge is 2.34. The van der Waals surface area contributed by atoms with Crippen LogP contribution < -0.4 is 9.62 Å². The second-order valence-corrected chi connectivity index (χ2v) is 14.5. The SMILES string of the molecule is CC(C)(C)NC(=O)[C@@H](Cc1ccccc1)N(Cc1ccccc1F)C(=O)CN(c1ccc(C(C)(C)C)cc1)S(C)(=O)=O. The Morgan fingerprint density at radius 2 is 1.43 bits per heavy atom. The molecule has 0 fully saturated rings. The normalized spacial score (nSPS) is 12.9. The monoisotopic (exact) mass is 595 g/mol.